The molecule has 0 saturated carbocycles. The second kappa shape index (κ2) is 5.79. The van der Waals surface area contributed by atoms with Crippen molar-refractivity contribution in [2.45, 2.75) is 33.4 Å². The summed E-state index contributed by atoms with van der Waals surface area (Å²) in [5.74, 6) is 0. The highest BCUT2D eigenvalue weighted by Gasteiger charge is 2.13. The highest BCUT2D eigenvalue weighted by atomic mass is 15.2. The topological polar surface area (TPSA) is 29.3 Å². The van der Waals surface area contributed by atoms with E-state index in [9.17, 15) is 0 Å². The van der Waals surface area contributed by atoms with Gasteiger partial charge in [-0.25, -0.2) is 0 Å². The zero-order chi connectivity index (χ0) is 13.8. The summed E-state index contributed by atoms with van der Waals surface area (Å²) >= 11 is 0. The normalized spacial score (nSPS) is 10.7. The minimum atomic E-state index is 0.431. The molecule has 2 nitrogen and oxygen atoms in total. The molecule has 0 bridgehead atoms. The van der Waals surface area contributed by atoms with Crippen molar-refractivity contribution in [3.05, 3.63) is 59.7 Å². The van der Waals surface area contributed by atoms with Crippen molar-refractivity contribution in [2.24, 2.45) is 0 Å². The molecule has 0 spiro atoms. The van der Waals surface area contributed by atoms with Gasteiger partial charge in [0.15, 0.2) is 0 Å². The van der Waals surface area contributed by atoms with E-state index in [-0.39, 0.29) is 0 Å². The van der Waals surface area contributed by atoms with Crippen LogP contribution in [0.25, 0.3) is 0 Å². The van der Waals surface area contributed by atoms with Crippen LogP contribution >= 0.6 is 0 Å². The van der Waals surface area contributed by atoms with E-state index in [1.807, 2.05) is 6.07 Å². The lowest BCUT2D eigenvalue weighted by atomic mass is 10.1. The highest BCUT2D eigenvalue weighted by Crippen LogP contribution is 2.26. The highest BCUT2D eigenvalue weighted by molar-refractivity contribution is 5.61. The lowest BCUT2D eigenvalue weighted by molar-refractivity contribution is 0.680. The van der Waals surface area contributed by atoms with E-state index >= 15 is 0 Å². The number of hydrogen-bond acceptors (Lipinski definition) is 2. The molecule has 0 unspecified atom stereocenters. The molecule has 0 radical (unpaired) electrons. The lowest BCUT2D eigenvalue weighted by Gasteiger charge is -2.31. The summed E-state index contributed by atoms with van der Waals surface area (Å²) in [4.78, 5) is 2.39. The smallest absolute Gasteiger partial charge is 0.0432 e. The van der Waals surface area contributed by atoms with Crippen LogP contribution < -0.4 is 10.6 Å². The Morgan fingerprint density at radius 3 is 2.37 bits per heavy atom. The molecule has 0 saturated heterocycles. The van der Waals surface area contributed by atoms with Gasteiger partial charge in [0.2, 0.25) is 0 Å². The van der Waals surface area contributed by atoms with E-state index < -0.39 is 0 Å². The molecule has 19 heavy (non-hydrogen) atoms. The van der Waals surface area contributed by atoms with E-state index in [2.05, 4.69) is 68.1 Å². The average molecular weight is 254 g/mol. The molecule has 0 aliphatic carbocycles. The number of nitrogen functional groups attached to an aromatic ring is 1. The number of anilines is 2. The van der Waals surface area contributed by atoms with Gasteiger partial charge in [-0.15, -0.1) is 0 Å². The second-order valence-corrected chi connectivity index (χ2v) is 5.25. The number of nitrogens with zero attached hydrogens (tertiary/aromatic N) is 1. The zero-order valence-corrected chi connectivity index (χ0v) is 11.9. The van der Waals surface area contributed by atoms with Gasteiger partial charge in [-0.3, -0.25) is 0 Å². The van der Waals surface area contributed by atoms with Crippen LogP contribution in [0.1, 0.15) is 25.0 Å². The second-order valence-electron chi connectivity index (χ2n) is 5.25. The van der Waals surface area contributed by atoms with Gasteiger partial charge in [0.25, 0.3) is 0 Å². The van der Waals surface area contributed by atoms with Crippen molar-refractivity contribution >= 4 is 11.4 Å². The first-order chi connectivity index (χ1) is 9.08. The van der Waals surface area contributed by atoms with Crippen molar-refractivity contribution in [1.82, 2.24) is 0 Å². The average Bonchev–Trinajstić information content (AvgIpc) is 2.40. The summed E-state index contributed by atoms with van der Waals surface area (Å²) in [6.45, 7) is 7.47. The summed E-state index contributed by atoms with van der Waals surface area (Å²) in [5.41, 5.74) is 10.6. The van der Waals surface area contributed by atoms with Crippen LogP contribution in [0, 0.1) is 6.92 Å². The van der Waals surface area contributed by atoms with E-state index in [0.29, 0.717) is 6.04 Å². The summed E-state index contributed by atoms with van der Waals surface area (Å²) in [6, 6.07) is 17.1. The number of rotatable bonds is 4. The Labute approximate surface area is 115 Å². The molecular formula is C17H22N2. The molecule has 0 aromatic heterocycles. The van der Waals surface area contributed by atoms with Gasteiger partial charge >= 0.3 is 0 Å². The summed E-state index contributed by atoms with van der Waals surface area (Å²) in [6.07, 6.45) is 0. The Bertz CT molecular complexity index is 532. The fourth-order valence-corrected chi connectivity index (χ4v) is 2.26. The van der Waals surface area contributed by atoms with Crippen LogP contribution in [0.4, 0.5) is 11.4 Å². The van der Waals surface area contributed by atoms with Crippen LogP contribution in [0.2, 0.25) is 0 Å². The van der Waals surface area contributed by atoms with Crippen molar-refractivity contribution in [3.63, 3.8) is 0 Å². The van der Waals surface area contributed by atoms with Crippen LogP contribution in [0.3, 0.4) is 0 Å². The molecule has 0 atom stereocenters. The standard InChI is InChI=1S/C17H22N2/c1-13(2)19(12-15-7-5-4-6-8-15)17-11-16(18)10-9-14(17)3/h4-11,13H,12,18H2,1-3H3. The first-order valence-electron chi connectivity index (χ1n) is 6.74. The molecule has 2 N–H and O–H groups in total. The van der Waals surface area contributed by atoms with Crippen LogP contribution in [-0.4, -0.2) is 6.04 Å². The van der Waals surface area contributed by atoms with E-state index in [1.165, 1.54) is 16.8 Å². The Morgan fingerprint density at radius 1 is 1.05 bits per heavy atom. The Hall–Kier alpha value is -1.96. The van der Waals surface area contributed by atoms with Crippen molar-refractivity contribution < 1.29 is 0 Å². The predicted octanol–water partition coefficient (Wildman–Crippen LogP) is 3.99. The zero-order valence-electron chi connectivity index (χ0n) is 11.9. The largest absolute Gasteiger partial charge is 0.399 e. The molecule has 0 aliphatic heterocycles. The maximum absolute atomic E-state index is 5.93. The molecule has 2 heteroatoms. The van der Waals surface area contributed by atoms with E-state index in [1.54, 1.807) is 0 Å². The van der Waals surface area contributed by atoms with Gasteiger partial charge in [0, 0.05) is 24.0 Å². The lowest BCUT2D eigenvalue weighted by Crippen LogP contribution is -2.30. The molecule has 0 fully saturated rings. The molecule has 0 aliphatic rings. The van der Waals surface area contributed by atoms with Gasteiger partial charge in [-0.05, 0) is 44.0 Å². The molecule has 2 aromatic carbocycles. The third-order valence-electron chi connectivity index (χ3n) is 3.36. The minimum Gasteiger partial charge on any atom is -0.399 e. The third-order valence-corrected chi connectivity index (χ3v) is 3.36. The van der Waals surface area contributed by atoms with Gasteiger partial charge in [0.05, 0.1) is 0 Å². The van der Waals surface area contributed by atoms with Gasteiger partial charge in [0.1, 0.15) is 0 Å². The maximum Gasteiger partial charge on any atom is 0.0432 e. The van der Waals surface area contributed by atoms with Crippen molar-refractivity contribution in [3.8, 4) is 0 Å². The minimum absolute atomic E-state index is 0.431. The van der Waals surface area contributed by atoms with Gasteiger partial charge < -0.3 is 10.6 Å². The van der Waals surface area contributed by atoms with Crippen LogP contribution in [0.5, 0.6) is 0 Å². The molecule has 0 amide bonds. The fourth-order valence-electron chi connectivity index (χ4n) is 2.26. The number of benzene rings is 2. The van der Waals surface area contributed by atoms with Crippen LogP contribution in [0.15, 0.2) is 48.5 Å². The Morgan fingerprint density at radius 2 is 1.74 bits per heavy atom. The Kier molecular flexibility index (Phi) is 4.10. The number of aryl methyl sites for hydroxylation is 1. The van der Waals surface area contributed by atoms with E-state index in [4.69, 9.17) is 5.73 Å². The monoisotopic (exact) mass is 254 g/mol. The Balaban J connectivity index is 2.32. The number of nitrogens with two attached hydrogens (primary N) is 1. The van der Waals surface area contributed by atoms with Gasteiger partial charge in [-0.2, -0.15) is 0 Å². The van der Waals surface area contributed by atoms with Gasteiger partial charge in [-0.1, -0.05) is 36.4 Å². The molecule has 0 heterocycles. The summed E-state index contributed by atoms with van der Waals surface area (Å²) in [7, 11) is 0. The molecule has 100 valence electrons. The first kappa shape index (κ1) is 13.5. The van der Waals surface area contributed by atoms with Crippen molar-refractivity contribution in [1.29, 1.82) is 0 Å². The van der Waals surface area contributed by atoms with E-state index in [0.717, 1.165) is 12.2 Å². The third kappa shape index (κ3) is 3.28. The van der Waals surface area contributed by atoms with Crippen LogP contribution in [-0.2, 0) is 6.54 Å². The molecule has 2 aromatic rings. The molecular weight excluding hydrogens is 232 g/mol. The predicted molar refractivity (Wildman–Crippen MR) is 83.4 cm³/mol. The van der Waals surface area contributed by atoms with Crippen molar-refractivity contribution in [2.75, 3.05) is 10.6 Å². The SMILES string of the molecule is Cc1ccc(N)cc1N(Cc1ccccc1)C(C)C. The fraction of sp³-hybridized carbons (Fsp3) is 0.294. The maximum atomic E-state index is 5.93. The summed E-state index contributed by atoms with van der Waals surface area (Å²) < 4.78 is 0. The first-order valence-corrected chi connectivity index (χ1v) is 6.74. The molecule has 2 rings (SSSR count). The summed E-state index contributed by atoms with van der Waals surface area (Å²) in [5, 5.41) is 0. The quantitative estimate of drug-likeness (QED) is 0.836. The number of hydrogen-bond donors (Lipinski definition) is 1.